The lowest BCUT2D eigenvalue weighted by molar-refractivity contribution is 0.601. The molecule has 0 radical (unpaired) electrons. The van der Waals surface area contributed by atoms with Crippen LogP contribution in [0.4, 0.5) is 5.82 Å². The molecule has 118 valence electrons. The largest absolute Gasteiger partial charge is 0.276 e. The third kappa shape index (κ3) is 3.55. The highest BCUT2D eigenvalue weighted by Crippen LogP contribution is 2.23. The third-order valence-electron chi connectivity index (χ3n) is 3.30. The monoisotopic (exact) mass is 347 g/mol. The molecule has 3 aromatic rings. The Morgan fingerprint density at radius 2 is 1.70 bits per heavy atom. The Morgan fingerprint density at radius 3 is 2.35 bits per heavy atom. The van der Waals surface area contributed by atoms with Crippen LogP contribution in [0.25, 0.3) is 11.3 Å². The molecule has 0 atom stereocenters. The summed E-state index contributed by atoms with van der Waals surface area (Å²) in [4.78, 5) is 0.194. The highest BCUT2D eigenvalue weighted by molar-refractivity contribution is 7.92. The van der Waals surface area contributed by atoms with Crippen molar-refractivity contribution >= 4 is 27.4 Å². The van der Waals surface area contributed by atoms with Crippen molar-refractivity contribution in [3.8, 4) is 11.3 Å². The molecule has 1 aromatic heterocycles. The maximum atomic E-state index is 12.3. The molecule has 0 saturated carbocycles. The van der Waals surface area contributed by atoms with Crippen LogP contribution in [0.2, 0.25) is 5.02 Å². The summed E-state index contributed by atoms with van der Waals surface area (Å²) in [6.07, 6.45) is 0. The van der Waals surface area contributed by atoms with Gasteiger partial charge in [-0.1, -0.05) is 41.4 Å². The minimum Gasteiger partial charge on any atom is -0.276 e. The molecule has 0 amide bonds. The topological polar surface area (TPSA) is 74.8 Å². The number of benzene rings is 2. The van der Waals surface area contributed by atoms with E-state index in [1.807, 2.05) is 19.1 Å². The quantitative estimate of drug-likeness (QED) is 0.753. The Kier molecular flexibility index (Phi) is 4.11. The molecule has 2 N–H and O–H groups in total. The van der Waals surface area contributed by atoms with Gasteiger partial charge in [-0.2, -0.15) is 5.10 Å². The summed E-state index contributed by atoms with van der Waals surface area (Å²) in [6, 6.07) is 15.4. The lowest BCUT2D eigenvalue weighted by Gasteiger charge is -2.05. The van der Waals surface area contributed by atoms with Crippen molar-refractivity contribution in [3.63, 3.8) is 0 Å². The molecule has 0 aliphatic rings. The van der Waals surface area contributed by atoms with Gasteiger partial charge in [0.05, 0.1) is 10.6 Å². The van der Waals surface area contributed by atoms with Crippen LogP contribution in [0.3, 0.4) is 0 Å². The van der Waals surface area contributed by atoms with Crippen molar-refractivity contribution in [3.05, 3.63) is 65.2 Å². The van der Waals surface area contributed by atoms with Crippen LogP contribution in [0.15, 0.2) is 59.5 Å². The van der Waals surface area contributed by atoms with Gasteiger partial charge in [-0.15, -0.1) is 0 Å². The van der Waals surface area contributed by atoms with E-state index in [0.29, 0.717) is 10.7 Å². The van der Waals surface area contributed by atoms with E-state index in [9.17, 15) is 8.42 Å². The Hall–Kier alpha value is -2.31. The van der Waals surface area contributed by atoms with Crippen molar-refractivity contribution in [1.82, 2.24) is 10.2 Å². The average Bonchev–Trinajstić information content (AvgIpc) is 2.96. The van der Waals surface area contributed by atoms with E-state index in [1.165, 1.54) is 0 Å². The minimum absolute atomic E-state index is 0.194. The standard InChI is InChI=1S/C16H14ClN3O2S/c1-11-2-8-14(9-3-11)23(21,22)20-16-10-15(18-19-16)12-4-6-13(17)7-5-12/h2-10H,1H3,(H2,18,19,20). The fourth-order valence-corrected chi connectivity index (χ4v) is 3.18. The first kappa shape index (κ1) is 15.6. The first-order valence-electron chi connectivity index (χ1n) is 6.85. The van der Waals surface area contributed by atoms with Crippen LogP contribution in [0.1, 0.15) is 5.56 Å². The number of aromatic nitrogens is 2. The molecule has 0 unspecified atom stereocenters. The summed E-state index contributed by atoms with van der Waals surface area (Å²) in [5.74, 6) is 0.232. The molecule has 1 heterocycles. The number of hydrogen-bond acceptors (Lipinski definition) is 3. The van der Waals surface area contributed by atoms with E-state index in [2.05, 4.69) is 14.9 Å². The number of nitrogens with zero attached hydrogens (tertiary/aromatic N) is 1. The maximum Gasteiger partial charge on any atom is 0.263 e. The number of H-pyrrole nitrogens is 1. The van der Waals surface area contributed by atoms with Gasteiger partial charge < -0.3 is 0 Å². The third-order valence-corrected chi connectivity index (χ3v) is 4.93. The van der Waals surface area contributed by atoms with Gasteiger partial charge in [-0.05, 0) is 36.8 Å². The van der Waals surface area contributed by atoms with Crippen LogP contribution in [-0.4, -0.2) is 18.6 Å². The van der Waals surface area contributed by atoms with E-state index in [4.69, 9.17) is 11.6 Å². The van der Waals surface area contributed by atoms with Gasteiger partial charge in [0.15, 0.2) is 5.82 Å². The zero-order chi connectivity index (χ0) is 16.4. The molecule has 0 saturated heterocycles. The number of sulfonamides is 1. The van der Waals surface area contributed by atoms with Crippen molar-refractivity contribution < 1.29 is 8.42 Å². The summed E-state index contributed by atoms with van der Waals surface area (Å²) < 4.78 is 27.1. The van der Waals surface area contributed by atoms with Gasteiger partial charge in [0.25, 0.3) is 10.0 Å². The molecule has 0 bridgehead atoms. The normalized spacial score (nSPS) is 11.4. The SMILES string of the molecule is Cc1ccc(S(=O)(=O)Nc2cc(-c3ccc(Cl)cc3)[nH]n2)cc1. The molecule has 0 spiro atoms. The summed E-state index contributed by atoms with van der Waals surface area (Å²) >= 11 is 5.85. The first-order chi connectivity index (χ1) is 10.9. The molecule has 2 aromatic carbocycles. The van der Waals surface area contributed by atoms with Gasteiger partial charge in [-0.3, -0.25) is 9.82 Å². The number of rotatable bonds is 4. The van der Waals surface area contributed by atoms with Crippen LogP contribution in [-0.2, 0) is 10.0 Å². The molecule has 0 aliphatic heterocycles. The maximum absolute atomic E-state index is 12.3. The van der Waals surface area contributed by atoms with Gasteiger partial charge in [0.1, 0.15) is 0 Å². The van der Waals surface area contributed by atoms with Crippen LogP contribution < -0.4 is 4.72 Å². The highest BCUT2D eigenvalue weighted by Gasteiger charge is 2.15. The second kappa shape index (κ2) is 6.06. The van der Waals surface area contributed by atoms with Crippen LogP contribution in [0.5, 0.6) is 0 Å². The molecular weight excluding hydrogens is 334 g/mol. The van der Waals surface area contributed by atoms with E-state index in [-0.39, 0.29) is 10.7 Å². The number of aryl methyl sites for hydroxylation is 1. The predicted octanol–water partition coefficient (Wildman–Crippen LogP) is 3.84. The molecule has 23 heavy (non-hydrogen) atoms. The lowest BCUT2D eigenvalue weighted by atomic mass is 10.1. The van der Waals surface area contributed by atoms with Crippen LogP contribution >= 0.6 is 11.6 Å². The van der Waals surface area contributed by atoms with E-state index < -0.39 is 10.0 Å². The van der Waals surface area contributed by atoms with E-state index in [0.717, 1.165) is 11.1 Å². The predicted molar refractivity (Wildman–Crippen MR) is 91.0 cm³/mol. The Bertz CT molecular complexity index is 917. The van der Waals surface area contributed by atoms with Crippen molar-refractivity contribution in [2.24, 2.45) is 0 Å². The second-order valence-electron chi connectivity index (χ2n) is 5.09. The molecule has 7 heteroatoms. The summed E-state index contributed by atoms with van der Waals surface area (Å²) in [6.45, 7) is 1.90. The molecule has 5 nitrogen and oxygen atoms in total. The van der Waals surface area contributed by atoms with Gasteiger partial charge in [-0.25, -0.2) is 8.42 Å². The molecule has 3 rings (SSSR count). The number of nitrogens with one attached hydrogen (secondary N) is 2. The summed E-state index contributed by atoms with van der Waals surface area (Å²) in [7, 11) is -3.66. The van der Waals surface area contributed by atoms with Crippen molar-refractivity contribution in [2.75, 3.05) is 4.72 Å². The fourth-order valence-electron chi connectivity index (χ4n) is 2.07. The minimum atomic E-state index is -3.66. The van der Waals surface area contributed by atoms with E-state index >= 15 is 0 Å². The molecule has 0 aliphatic carbocycles. The number of aromatic amines is 1. The highest BCUT2D eigenvalue weighted by atomic mass is 35.5. The fraction of sp³-hybridized carbons (Fsp3) is 0.0625. The van der Waals surface area contributed by atoms with Gasteiger partial charge in [0.2, 0.25) is 0 Å². The number of anilines is 1. The summed E-state index contributed by atoms with van der Waals surface area (Å²) in [5.41, 5.74) is 2.56. The van der Waals surface area contributed by atoms with E-state index in [1.54, 1.807) is 42.5 Å². The lowest BCUT2D eigenvalue weighted by Crippen LogP contribution is -2.13. The number of halogens is 1. The number of hydrogen-bond donors (Lipinski definition) is 2. The Morgan fingerprint density at radius 1 is 1.04 bits per heavy atom. The molecule has 0 fully saturated rings. The Labute approximate surface area is 139 Å². The van der Waals surface area contributed by atoms with Gasteiger partial charge >= 0.3 is 0 Å². The average molecular weight is 348 g/mol. The smallest absolute Gasteiger partial charge is 0.263 e. The Balaban J connectivity index is 1.83. The van der Waals surface area contributed by atoms with Gasteiger partial charge in [0, 0.05) is 11.1 Å². The first-order valence-corrected chi connectivity index (χ1v) is 8.71. The zero-order valence-electron chi connectivity index (χ0n) is 12.2. The molecular formula is C16H14ClN3O2S. The second-order valence-corrected chi connectivity index (χ2v) is 7.21. The summed E-state index contributed by atoms with van der Waals surface area (Å²) in [5, 5.41) is 7.43. The van der Waals surface area contributed by atoms with Crippen molar-refractivity contribution in [1.29, 1.82) is 0 Å². The zero-order valence-corrected chi connectivity index (χ0v) is 13.8. The van der Waals surface area contributed by atoms with Crippen LogP contribution in [0, 0.1) is 6.92 Å². The van der Waals surface area contributed by atoms with Crippen molar-refractivity contribution in [2.45, 2.75) is 11.8 Å².